The first kappa shape index (κ1) is 17.3. The van der Waals surface area contributed by atoms with Crippen molar-refractivity contribution in [1.82, 2.24) is 15.3 Å². The lowest BCUT2D eigenvalue weighted by Crippen LogP contribution is -2.63. The number of carbonyl (C=O) groups excluding carboxylic acids is 1. The predicted molar refractivity (Wildman–Crippen MR) is 108 cm³/mol. The van der Waals surface area contributed by atoms with Gasteiger partial charge in [0.1, 0.15) is 5.75 Å². The third kappa shape index (κ3) is 2.69. The molecule has 5 rings (SSSR count). The summed E-state index contributed by atoms with van der Waals surface area (Å²) in [6, 6.07) is 17.0. The molecule has 2 aromatic carbocycles. The summed E-state index contributed by atoms with van der Waals surface area (Å²) in [7, 11) is 0. The van der Waals surface area contributed by atoms with Crippen LogP contribution in [-0.2, 0) is 4.79 Å². The molecular weight excluding hydrogens is 350 g/mol. The average Bonchev–Trinajstić information content (AvgIpc) is 3.16. The van der Waals surface area contributed by atoms with Crippen molar-refractivity contribution < 1.29 is 9.53 Å². The van der Waals surface area contributed by atoms with Gasteiger partial charge < -0.3 is 15.1 Å². The standard InChI is InChI=1S/C23H25N3O2/c1-16-7-9-18(10-8-16)20-15-21-19-5-3-4-6-22(19)28-23(26(21)24-20)11-13-25(14-12-23)17(2)27/h3-10,15,21,24H,11-14H2,1-2H3/t21-/m0/s1. The number of hydrogen-bond donors (Lipinski definition) is 1. The highest BCUT2D eigenvalue weighted by atomic mass is 16.5. The number of ether oxygens (including phenoxy) is 1. The van der Waals surface area contributed by atoms with Gasteiger partial charge in [-0.3, -0.25) is 4.79 Å². The molecule has 3 aliphatic heterocycles. The third-order valence-corrected chi connectivity index (χ3v) is 6.17. The molecule has 3 aliphatic rings. The number of nitrogens with one attached hydrogen (secondary N) is 1. The van der Waals surface area contributed by atoms with E-state index in [-0.39, 0.29) is 11.9 Å². The lowest BCUT2D eigenvalue weighted by molar-refractivity contribution is -0.165. The molecule has 28 heavy (non-hydrogen) atoms. The molecule has 1 fully saturated rings. The summed E-state index contributed by atoms with van der Waals surface area (Å²) in [5.74, 6) is 1.08. The van der Waals surface area contributed by atoms with Crippen LogP contribution in [0.15, 0.2) is 54.6 Å². The van der Waals surface area contributed by atoms with E-state index in [1.807, 2.05) is 11.0 Å². The molecule has 2 aromatic rings. The first-order chi connectivity index (χ1) is 13.6. The van der Waals surface area contributed by atoms with E-state index < -0.39 is 5.72 Å². The van der Waals surface area contributed by atoms with Crippen LogP contribution in [0.5, 0.6) is 5.75 Å². The molecule has 0 unspecified atom stereocenters. The molecular formula is C23H25N3O2. The molecule has 1 N–H and O–H groups in total. The Balaban J connectivity index is 1.52. The fourth-order valence-corrected chi connectivity index (χ4v) is 4.53. The van der Waals surface area contributed by atoms with Crippen LogP contribution in [0.25, 0.3) is 5.70 Å². The molecule has 0 aromatic heterocycles. The van der Waals surface area contributed by atoms with E-state index in [1.165, 1.54) is 16.7 Å². The van der Waals surface area contributed by atoms with Gasteiger partial charge in [-0.2, -0.15) is 5.01 Å². The zero-order valence-electron chi connectivity index (χ0n) is 16.3. The summed E-state index contributed by atoms with van der Waals surface area (Å²) in [5.41, 5.74) is 7.90. The number of piperidine rings is 1. The molecule has 1 atom stereocenters. The smallest absolute Gasteiger partial charge is 0.219 e. The summed E-state index contributed by atoms with van der Waals surface area (Å²) in [4.78, 5) is 13.7. The van der Waals surface area contributed by atoms with Crippen LogP contribution >= 0.6 is 0 Å². The maximum atomic E-state index is 11.8. The van der Waals surface area contributed by atoms with E-state index in [9.17, 15) is 4.79 Å². The fraction of sp³-hybridized carbons (Fsp3) is 0.348. The Morgan fingerprint density at radius 2 is 1.82 bits per heavy atom. The first-order valence-corrected chi connectivity index (χ1v) is 9.94. The van der Waals surface area contributed by atoms with Gasteiger partial charge in [0.25, 0.3) is 0 Å². The lowest BCUT2D eigenvalue weighted by Gasteiger charge is -2.51. The Morgan fingerprint density at radius 1 is 1.11 bits per heavy atom. The summed E-state index contributed by atoms with van der Waals surface area (Å²) in [6.45, 7) is 5.17. The zero-order valence-corrected chi connectivity index (χ0v) is 16.3. The van der Waals surface area contributed by atoms with Crippen molar-refractivity contribution in [2.24, 2.45) is 0 Å². The van der Waals surface area contributed by atoms with Gasteiger partial charge in [-0.25, -0.2) is 0 Å². The van der Waals surface area contributed by atoms with Gasteiger partial charge >= 0.3 is 0 Å². The monoisotopic (exact) mass is 375 g/mol. The second kappa shape index (κ2) is 6.38. The van der Waals surface area contributed by atoms with E-state index in [1.54, 1.807) is 6.92 Å². The molecule has 0 radical (unpaired) electrons. The minimum atomic E-state index is -0.450. The number of carbonyl (C=O) groups is 1. The number of aryl methyl sites for hydroxylation is 1. The van der Waals surface area contributed by atoms with Gasteiger partial charge in [0, 0.05) is 38.4 Å². The van der Waals surface area contributed by atoms with Crippen molar-refractivity contribution in [2.75, 3.05) is 13.1 Å². The first-order valence-electron chi connectivity index (χ1n) is 9.94. The van der Waals surface area contributed by atoms with Gasteiger partial charge in [0.15, 0.2) is 5.72 Å². The third-order valence-electron chi connectivity index (χ3n) is 6.17. The van der Waals surface area contributed by atoms with Crippen LogP contribution in [0.3, 0.4) is 0 Å². The van der Waals surface area contributed by atoms with E-state index >= 15 is 0 Å². The Kier molecular flexibility index (Phi) is 3.95. The van der Waals surface area contributed by atoms with Crippen molar-refractivity contribution in [1.29, 1.82) is 0 Å². The van der Waals surface area contributed by atoms with Crippen molar-refractivity contribution in [3.63, 3.8) is 0 Å². The molecule has 3 heterocycles. The van der Waals surface area contributed by atoms with Crippen LogP contribution in [-0.4, -0.2) is 34.6 Å². The number of benzene rings is 2. The number of fused-ring (bicyclic) bond motifs is 4. The predicted octanol–water partition coefficient (Wildman–Crippen LogP) is 3.63. The highest BCUT2D eigenvalue weighted by molar-refractivity contribution is 5.73. The average molecular weight is 375 g/mol. The van der Waals surface area contributed by atoms with Gasteiger partial charge in [0.2, 0.25) is 5.91 Å². The Bertz CT molecular complexity index is 943. The van der Waals surface area contributed by atoms with E-state index in [2.05, 4.69) is 65.9 Å². The summed E-state index contributed by atoms with van der Waals surface area (Å²) in [5, 5.41) is 2.27. The van der Waals surface area contributed by atoms with Gasteiger partial charge in [-0.1, -0.05) is 48.0 Å². The lowest BCUT2D eigenvalue weighted by atomic mass is 9.92. The normalized spacial score (nSPS) is 22.7. The van der Waals surface area contributed by atoms with Crippen LogP contribution in [0.1, 0.15) is 42.5 Å². The van der Waals surface area contributed by atoms with Gasteiger partial charge in [-0.05, 0) is 24.6 Å². The van der Waals surface area contributed by atoms with Crippen molar-refractivity contribution in [3.8, 4) is 5.75 Å². The van der Waals surface area contributed by atoms with Crippen molar-refractivity contribution in [2.45, 2.75) is 38.5 Å². The summed E-state index contributed by atoms with van der Waals surface area (Å²) >= 11 is 0. The molecule has 1 amide bonds. The number of para-hydroxylation sites is 1. The molecule has 0 saturated carbocycles. The SMILES string of the molecule is CC(=O)N1CCC2(CC1)Oc1ccccc1[C@@H]1C=C(c3ccc(C)cc3)NN12. The van der Waals surface area contributed by atoms with Gasteiger partial charge in [0.05, 0.1) is 11.7 Å². The minimum Gasteiger partial charge on any atom is -0.470 e. The molecule has 144 valence electrons. The number of rotatable bonds is 1. The number of amides is 1. The topological polar surface area (TPSA) is 44.8 Å². The zero-order chi connectivity index (χ0) is 19.3. The Hall–Kier alpha value is -2.79. The highest BCUT2D eigenvalue weighted by Crippen LogP contribution is 2.48. The maximum Gasteiger partial charge on any atom is 0.219 e. The van der Waals surface area contributed by atoms with Gasteiger partial charge in [-0.15, -0.1) is 0 Å². The summed E-state index contributed by atoms with van der Waals surface area (Å²) in [6.07, 6.45) is 3.85. The van der Waals surface area contributed by atoms with Crippen LogP contribution < -0.4 is 10.2 Å². The Morgan fingerprint density at radius 3 is 2.54 bits per heavy atom. The number of hydrazine groups is 1. The van der Waals surface area contributed by atoms with E-state index in [4.69, 9.17) is 4.74 Å². The molecule has 0 bridgehead atoms. The quantitative estimate of drug-likeness (QED) is 0.827. The number of nitrogens with zero attached hydrogens (tertiary/aromatic N) is 2. The maximum absolute atomic E-state index is 11.8. The number of hydrogen-bond acceptors (Lipinski definition) is 4. The largest absolute Gasteiger partial charge is 0.470 e. The van der Waals surface area contributed by atoms with Crippen molar-refractivity contribution >= 4 is 11.6 Å². The highest BCUT2D eigenvalue weighted by Gasteiger charge is 2.51. The van der Waals surface area contributed by atoms with Crippen LogP contribution in [0.4, 0.5) is 0 Å². The fourth-order valence-electron chi connectivity index (χ4n) is 4.53. The van der Waals surface area contributed by atoms with E-state index in [0.29, 0.717) is 13.1 Å². The van der Waals surface area contributed by atoms with E-state index in [0.717, 1.165) is 24.3 Å². The molecule has 0 aliphatic carbocycles. The van der Waals surface area contributed by atoms with Crippen molar-refractivity contribution in [3.05, 3.63) is 71.3 Å². The molecule has 5 heteroatoms. The second-order valence-electron chi connectivity index (χ2n) is 7.97. The minimum absolute atomic E-state index is 0.116. The number of likely N-dealkylation sites (tertiary alicyclic amines) is 1. The van der Waals surface area contributed by atoms with Crippen LogP contribution in [0.2, 0.25) is 0 Å². The molecule has 1 saturated heterocycles. The molecule has 5 nitrogen and oxygen atoms in total. The van der Waals surface area contributed by atoms with Crippen LogP contribution in [0, 0.1) is 6.92 Å². The Labute approximate surface area is 165 Å². The second-order valence-corrected chi connectivity index (χ2v) is 7.97. The summed E-state index contributed by atoms with van der Waals surface area (Å²) < 4.78 is 6.60. The molecule has 1 spiro atoms.